The summed E-state index contributed by atoms with van der Waals surface area (Å²) in [6.45, 7) is 0.875. The summed E-state index contributed by atoms with van der Waals surface area (Å²) >= 11 is -0.332. The maximum atomic E-state index is 11.4. The van der Waals surface area contributed by atoms with E-state index < -0.39 is 6.08 Å². The highest BCUT2D eigenvalue weighted by molar-refractivity contribution is 7.95. The molecule has 5 heteroatoms. The third-order valence-corrected chi connectivity index (χ3v) is 3.24. The molecule has 17 heavy (non-hydrogen) atoms. The van der Waals surface area contributed by atoms with Gasteiger partial charge in [0.05, 0.1) is 6.61 Å². The summed E-state index contributed by atoms with van der Waals surface area (Å²) in [5.41, 5.74) is 0.962. The fraction of sp³-hybridized carbons (Fsp3) is 0.417. The van der Waals surface area contributed by atoms with Crippen molar-refractivity contribution in [3.8, 4) is 0 Å². The van der Waals surface area contributed by atoms with Crippen LogP contribution in [0.1, 0.15) is 5.56 Å². The third kappa shape index (κ3) is 6.19. The van der Waals surface area contributed by atoms with E-state index in [4.69, 9.17) is 9.47 Å². The van der Waals surface area contributed by atoms with Crippen LogP contribution >= 0.6 is 0 Å². The van der Waals surface area contributed by atoms with Gasteiger partial charge in [-0.3, -0.25) is 0 Å². The van der Waals surface area contributed by atoms with Crippen molar-refractivity contribution < 1.29 is 14.6 Å². The van der Waals surface area contributed by atoms with E-state index >= 15 is 0 Å². The van der Waals surface area contributed by atoms with Crippen molar-refractivity contribution in [1.29, 1.82) is 0 Å². The molecule has 0 saturated heterocycles. The monoisotopic (exact) mass is 255 g/mol. The lowest BCUT2D eigenvalue weighted by Gasteiger charge is -2.12. The van der Waals surface area contributed by atoms with E-state index in [-0.39, 0.29) is 17.7 Å². The van der Waals surface area contributed by atoms with Gasteiger partial charge >= 0.3 is 0 Å². The fourth-order valence-corrected chi connectivity index (χ4v) is 1.93. The predicted molar refractivity (Wildman–Crippen MR) is 68.7 cm³/mol. The molecule has 0 amide bonds. The average molecular weight is 255 g/mol. The number of methoxy groups -OCH3 is 1. The summed E-state index contributed by atoms with van der Waals surface area (Å²) < 4.78 is 13.9. The molecule has 0 saturated carbocycles. The zero-order valence-electron chi connectivity index (χ0n) is 10.1. The number of rotatable bonds is 6. The first-order valence-corrected chi connectivity index (χ1v) is 7.02. The molecule has 0 aromatic heterocycles. The van der Waals surface area contributed by atoms with Crippen LogP contribution in [0.25, 0.3) is 0 Å². The van der Waals surface area contributed by atoms with Gasteiger partial charge in [0.2, 0.25) is 6.08 Å². The number of ether oxygens (including phenoxy) is 2. The van der Waals surface area contributed by atoms with Crippen molar-refractivity contribution >= 4 is 17.2 Å². The van der Waals surface area contributed by atoms with Crippen molar-refractivity contribution in [1.82, 2.24) is 0 Å². The molecule has 0 radical (unpaired) electrons. The van der Waals surface area contributed by atoms with Crippen molar-refractivity contribution in [2.75, 3.05) is 25.7 Å². The minimum absolute atomic E-state index is 0.269. The quantitative estimate of drug-likeness (QED) is 0.428. The Labute approximate surface area is 105 Å². The molecule has 0 bridgehead atoms. The molecule has 4 nitrogen and oxygen atoms in total. The lowest BCUT2D eigenvalue weighted by molar-refractivity contribution is -0.251. The molecular formula is C12H17NO3S. The highest BCUT2D eigenvalue weighted by Gasteiger charge is 2.08. The van der Waals surface area contributed by atoms with Gasteiger partial charge in [-0.25, -0.2) is 0 Å². The minimum atomic E-state index is -0.504. The third-order valence-electron chi connectivity index (χ3n) is 2.02. The van der Waals surface area contributed by atoms with E-state index in [1.54, 1.807) is 7.11 Å². The van der Waals surface area contributed by atoms with Gasteiger partial charge in [0.1, 0.15) is 17.3 Å². The maximum Gasteiger partial charge on any atom is 0.204 e. The Morgan fingerprint density at radius 1 is 1.35 bits per heavy atom. The molecular weight excluding hydrogens is 238 g/mol. The lowest BCUT2D eigenvalue weighted by atomic mass is 10.2. The van der Waals surface area contributed by atoms with E-state index in [0.29, 0.717) is 6.61 Å². The molecule has 0 spiro atoms. The van der Waals surface area contributed by atoms with Crippen LogP contribution in [-0.2, 0) is 27.2 Å². The van der Waals surface area contributed by atoms with E-state index in [1.807, 2.05) is 36.6 Å². The SMILES string of the molecule is COCC[S+](C)/N=C(\[O-])OCc1ccccc1. The fourth-order valence-electron chi connectivity index (χ4n) is 1.12. The summed E-state index contributed by atoms with van der Waals surface area (Å²) in [6, 6.07) is 9.55. The number of hydrogen-bond acceptors (Lipinski definition) is 4. The molecule has 0 heterocycles. The van der Waals surface area contributed by atoms with Gasteiger partial charge in [0, 0.05) is 13.7 Å². The molecule has 0 aliphatic rings. The second kappa shape index (κ2) is 7.97. The second-order valence-electron chi connectivity index (χ2n) is 3.43. The number of nitrogens with zero attached hydrogens (tertiary/aromatic N) is 1. The summed E-state index contributed by atoms with van der Waals surface area (Å²) in [6.07, 6.45) is 1.39. The zero-order chi connectivity index (χ0) is 12.5. The maximum absolute atomic E-state index is 11.4. The van der Waals surface area contributed by atoms with Crippen molar-refractivity contribution in [3.63, 3.8) is 0 Å². The predicted octanol–water partition coefficient (Wildman–Crippen LogP) is 0.729. The van der Waals surface area contributed by atoms with Gasteiger partial charge in [-0.05, 0) is 9.96 Å². The molecule has 1 aromatic rings. The molecule has 0 fully saturated rings. The first-order valence-electron chi connectivity index (χ1n) is 5.26. The zero-order valence-corrected chi connectivity index (χ0v) is 10.9. The highest BCUT2D eigenvalue weighted by Crippen LogP contribution is 2.01. The standard InChI is InChI=1S/C12H17NO3S/c1-15-8-9-17(2)13-12(14)16-10-11-6-4-3-5-7-11/h3-7H,8-10H2,1-2H3. The molecule has 94 valence electrons. The Balaban J connectivity index is 2.33. The summed E-state index contributed by atoms with van der Waals surface area (Å²) in [5, 5.41) is 11.4. The Hall–Kier alpha value is -1.20. The molecule has 1 atom stereocenters. The van der Waals surface area contributed by atoms with Crippen LogP contribution in [0.4, 0.5) is 0 Å². The van der Waals surface area contributed by atoms with E-state index in [0.717, 1.165) is 11.3 Å². The van der Waals surface area contributed by atoms with Crippen LogP contribution in [0, 0.1) is 0 Å². The van der Waals surface area contributed by atoms with Crippen LogP contribution in [0.15, 0.2) is 34.7 Å². The largest absolute Gasteiger partial charge is 0.592 e. The number of hydrogen-bond donors (Lipinski definition) is 0. The van der Waals surface area contributed by atoms with Gasteiger partial charge in [-0.1, -0.05) is 30.3 Å². The molecule has 1 rings (SSSR count). The Morgan fingerprint density at radius 2 is 2.06 bits per heavy atom. The van der Waals surface area contributed by atoms with Crippen LogP contribution < -0.4 is 5.11 Å². The van der Waals surface area contributed by atoms with Gasteiger partial charge in [-0.15, -0.1) is 0 Å². The van der Waals surface area contributed by atoms with E-state index in [2.05, 4.69) is 4.40 Å². The van der Waals surface area contributed by atoms with Gasteiger partial charge < -0.3 is 14.6 Å². The van der Waals surface area contributed by atoms with E-state index in [9.17, 15) is 5.11 Å². The van der Waals surface area contributed by atoms with Crippen molar-refractivity contribution in [3.05, 3.63) is 35.9 Å². The minimum Gasteiger partial charge on any atom is -0.592 e. The lowest BCUT2D eigenvalue weighted by Crippen LogP contribution is -2.23. The molecule has 0 aliphatic heterocycles. The summed E-state index contributed by atoms with van der Waals surface area (Å²) in [4.78, 5) is 0. The van der Waals surface area contributed by atoms with Gasteiger partial charge in [0.25, 0.3) is 0 Å². The molecule has 1 unspecified atom stereocenters. The molecule has 1 aromatic carbocycles. The Bertz CT molecular complexity index is 343. The smallest absolute Gasteiger partial charge is 0.204 e. The summed E-state index contributed by atoms with van der Waals surface area (Å²) in [5.74, 6) is 0.747. The highest BCUT2D eigenvalue weighted by atomic mass is 32.2. The van der Waals surface area contributed by atoms with Crippen molar-refractivity contribution in [2.24, 2.45) is 4.40 Å². The van der Waals surface area contributed by atoms with Gasteiger partial charge in [0.15, 0.2) is 5.75 Å². The van der Waals surface area contributed by atoms with E-state index in [1.165, 1.54) is 0 Å². The second-order valence-corrected chi connectivity index (χ2v) is 5.22. The van der Waals surface area contributed by atoms with Crippen molar-refractivity contribution in [2.45, 2.75) is 6.61 Å². The molecule has 0 aliphatic carbocycles. The Kier molecular flexibility index (Phi) is 6.50. The Morgan fingerprint density at radius 3 is 2.71 bits per heavy atom. The average Bonchev–Trinajstić information content (AvgIpc) is 2.35. The first-order chi connectivity index (χ1) is 8.22. The van der Waals surface area contributed by atoms with Gasteiger partial charge in [-0.2, -0.15) is 0 Å². The topological polar surface area (TPSA) is 53.9 Å². The van der Waals surface area contributed by atoms with Crippen LogP contribution in [0.5, 0.6) is 0 Å². The molecule has 0 N–H and O–H groups in total. The number of benzene rings is 1. The van der Waals surface area contributed by atoms with Crippen LogP contribution in [0.3, 0.4) is 0 Å². The summed E-state index contributed by atoms with van der Waals surface area (Å²) in [7, 11) is 1.63. The normalized spacial score (nSPS) is 13.4. The van der Waals surface area contributed by atoms with Crippen LogP contribution in [-0.4, -0.2) is 31.8 Å². The van der Waals surface area contributed by atoms with Crippen LogP contribution in [0.2, 0.25) is 0 Å². The first kappa shape index (κ1) is 13.9.